The number of carbonyl (C=O) groups excluding carboxylic acids is 2. The highest BCUT2D eigenvalue weighted by atomic mass is 79.9. The maximum Gasteiger partial charge on any atom is 0.341 e. The standard InChI is InChI=1S/C13H17BrN2O5/c1-3-20-11(18)6-10(17)16-12-9(13(19)21-4-2)5-8(14)7-15-12/h5,7,11,18H,3-4,6H2,1-2H3,(H,15,16,17). The summed E-state index contributed by atoms with van der Waals surface area (Å²) in [5.74, 6) is -1.03. The minimum absolute atomic E-state index is 0.0744. The molecule has 0 fully saturated rings. The van der Waals surface area contributed by atoms with Gasteiger partial charge in [-0.1, -0.05) is 0 Å². The number of ether oxygens (including phenoxy) is 2. The van der Waals surface area contributed by atoms with Crippen molar-refractivity contribution in [2.75, 3.05) is 18.5 Å². The van der Waals surface area contributed by atoms with Gasteiger partial charge in [-0.05, 0) is 35.8 Å². The molecule has 21 heavy (non-hydrogen) atoms. The summed E-state index contributed by atoms with van der Waals surface area (Å²) >= 11 is 3.20. The maximum atomic E-state index is 11.8. The van der Waals surface area contributed by atoms with Gasteiger partial charge in [-0.15, -0.1) is 0 Å². The number of aliphatic hydroxyl groups excluding tert-OH is 1. The van der Waals surface area contributed by atoms with Crippen molar-refractivity contribution in [2.24, 2.45) is 0 Å². The number of hydrogen-bond donors (Lipinski definition) is 2. The van der Waals surface area contributed by atoms with Gasteiger partial charge in [0, 0.05) is 17.3 Å². The van der Waals surface area contributed by atoms with Crippen molar-refractivity contribution >= 4 is 33.6 Å². The molecular weight excluding hydrogens is 344 g/mol. The van der Waals surface area contributed by atoms with Crippen molar-refractivity contribution in [1.82, 2.24) is 4.98 Å². The molecule has 1 unspecified atom stereocenters. The van der Waals surface area contributed by atoms with Crippen LogP contribution in [0.4, 0.5) is 5.82 Å². The molecule has 1 atom stereocenters. The first-order chi connectivity index (χ1) is 9.97. The Kier molecular flexibility index (Phi) is 7.27. The van der Waals surface area contributed by atoms with Gasteiger partial charge in [-0.3, -0.25) is 4.79 Å². The van der Waals surface area contributed by atoms with E-state index >= 15 is 0 Å². The Balaban J connectivity index is 2.82. The van der Waals surface area contributed by atoms with Crippen molar-refractivity contribution < 1.29 is 24.2 Å². The molecule has 0 saturated carbocycles. The van der Waals surface area contributed by atoms with Crippen molar-refractivity contribution in [3.8, 4) is 0 Å². The van der Waals surface area contributed by atoms with Crippen LogP contribution >= 0.6 is 15.9 Å². The first kappa shape index (κ1) is 17.5. The van der Waals surface area contributed by atoms with Crippen molar-refractivity contribution in [2.45, 2.75) is 26.6 Å². The van der Waals surface area contributed by atoms with Gasteiger partial charge in [0.2, 0.25) is 5.91 Å². The van der Waals surface area contributed by atoms with Gasteiger partial charge >= 0.3 is 5.97 Å². The molecule has 1 heterocycles. The fourth-order valence-corrected chi connectivity index (χ4v) is 1.83. The molecule has 1 aromatic rings. The number of hydrogen-bond acceptors (Lipinski definition) is 6. The van der Waals surface area contributed by atoms with Crippen LogP contribution in [-0.2, 0) is 14.3 Å². The lowest BCUT2D eigenvalue weighted by Gasteiger charge is -2.12. The van der Waals surface area contributed by atoms with E-state index in [9.17, 15) is 14.7 Å². The predicted molar refractivity (Wildman–Crippen MR) is 78.8 cm³/mol. The quantitative estimate of drug-likeness (QED) is 0.567. The smallest absolute Gasteiger partial charge is 0.341 e. The van der Waals surface area contributed by atoms with E-state index in [0.717, 1.165) is 0 Å². The van der Waals surface area contributed by atoms with E-state index in [1.165, 1.54) is 12.3 Å². The number of nitrogens with zero attached hydrogens (tertiary/aromatic N) is 1. The fourth-order valence-electron chi connectivity index (χ4n) is 1.50. The van der Waals surface area contributed by atoms with Crippen LogP contribution in [0.3, 0.4) is 0 Å². The molecule has 1 aromatic heterocycles. The summed E-state index contributed by atoms with van der Waals surface area (Å²) in [4.78, 5) is 27.5. The van der Waals surface area contributed by atoms with Gasteiger partial charge in [0.25, 0.3) is 0 Å². The van der Waals surface area contributed by atoms with Gasteiger partial charge in [-0.25, -0.2) is 9.78 Å². The predicted octanol–water partition coefficient (Wildman–Crippen LogP) is 1.70. The monoisotopic (exact) mass is 360 g/mol. The Bertz CT molecular complexity index is 509. The van der Waals surface area contributed by atoms with E-state index < -0.39 is 18.2 Å². The van der Waals surface area contributed by atoms with E-state index in [1.807, 2.05) is 0 Å². The average Bonchev–Trinajstić information content (AvgIpc) is 2.41. The van der Waals surface area contributed by atoms with Crippen LogP contribution in [0.2, 0.25) is 0 Å². The number of rotatable bonds is 7. The summed E-state index contributed by atoms with van der Waals surface area (Å²) in [6.45, 7) is 3.89. The maximum absolute atomic E-state index is 11.8. The molecule has 0 radical (unpaired) electrons. The van der Waals surface area contributed by atoms with E-state index in [2.05, 4.69) is 26.2 Å². The molecule has 0 saturated heterocycles. The highest BCUT2D eigenvalue weighted by Gasteiger charge is 2.18. The van der Waals surface area contributed by atoms with Crippen LogP contribution in [0, 0.1) is 0 Å². The van der Waals surface area contributed by atoms with Gasteiger partial charge in [0.05, 0.1) is 13.0 Å². The van der Waals surface area contributed by atoms with Gasteiger partial charge in [0.1, 0.15) is 11.4 Å². The van der Waals surface area contributed by atoms with E-state index in [4.69, 9.17) is 9.47 Å². The van der Waals surface area contributed by atoms with Crippen LogP contribution < -0.4 is 5.32 Å². The second-order valence-corrected chi connectivity index (χ2v) is 4.85. The third-order valence-electron chi connectivity index (χ3n) is 2.33. The van der Waals surface area contributed by atoms with Gasteiger partial charge in [-0.2, -0.15) is 0 Å². The molecule has 0 aliphatic rings. The summed E-state index contributed by atoms with van der Waals surface area (Å²) in [5.41, 5.74) is 0.130. The van der Waals surface area contributed by atoms with Crippen LogP contribution in [0.1, 0.15) is 30.6 Å². The minimum atomic E-state index is -1.20. The number of anilines is 1. The highest BCUT2D eigenvalue weighted by Crippen LogP contribution is 2.19. The molecule has 0 aliphatic carbocycles. The van der Waals surface area contributed by atoms with Crippen molar-refractivity contribution in [3.05, 3.63) is 22.3 Å². The minimum Gasteiger partial charge on any atom is -0.462 e. The number of amides is 1. The summed E-state index contributed by atoms with van der Waals surface area (Å²) in [5, 5.41) is 11.9. The Morgan fingerprint density at radius 2 is 2.14 bits per heavy atom. The zero-order valence-electron chi connectivity index (χ0n) is 11.8. The molecule has 8 heteroatoms. The number of aromatic nitrogens is 1. The largest absolute Gasteiger partial charge is 0.462 e. The number of pyridine rings is 1. The Labute approximate surface area is 130 Å². The van der Waals surface area contributed by atoms with Gasteiger partial charge in [0.15, 0.2) is 6.29 Å². The molecule has 0 aliphatic heterocycles. The van der Waals surface area contributed by atoms with Crippen molar-refractivity contribution in [3.63, 3.8) is 0 Å². The summed E-state index contributed by atoms with van der Waals surface area (Å²) in [6.07, 6.45) is -0.0120. The molecule has 116 valence electrons. The Morgan fingerprint density at radius 3 is 2.76 bits per heavy atom. The van der Waals surface area contributed by atoms with E-state index in [-0.39, 0.29) is 24.4 Å². The summed E-state index contributed by atoms with van der Waals surface area (Å²) < 4.78 is 10.3. The number of aliphatic hydroxyl groups is 1. The summed E-state index contributed by atoms with van der Waals surface area (Å²) in [7, 11) is 0. The SMILES string of the molecule is CCOC(=O)c1cc(Br)cnc1NC(=O)CC(O)OCC. The molecule has 1 amide bonds. The number of esters is 1. The first-order valence-corrected chi connectivity index (χ1v) is 7.19. The van der Waals surface area contributed by atoms with Gasteiger partial charge < -0.3 is 19.9 Å². The summed E-state index contributed by atoms with van der Waals surface area (Å²) in [6, 6.07) is 1.50. The lowest BCUT2D eigenvalue weighted by Crippen LogP contribution is -2.23. The zero-order chi connectivity index (χ0) is 15.8. The topological polar surface area (TPSA) is 97.8 Å². The third-order valence-corrected chi connectivity index (χ3v) is 2.76. The molecule has 0 bridgehead atoms. The van der Waals surface area contributed by atoms with Crippen molar-refractivity contribution in [1.29, 1.82) is 0 Å². The van der Waals surface area contributed by atoms with Crippen LogP contribution in [-0.4, -0.2) is 41.5 Å². The normalized spacial score (nSPS) is 11.8. The number of halogens is 1. The molecule has 0 spiro atoms. The zero-order valence-corrected chi connectivity index (χ0v) is 13.3. The van der Waals surface area contributed by atoms with Crippen LogP contribution in [0.25, 0.3) is 0 Å². The van der Waals surface area contributed by atoms with E-state index in [1.54, 1.807) is 13.8 Å². The Morgan fingerprint density at radius 1 is 1.43 bits per heavy atom. The fraction of sp³-hybridized carbons (Fsp3) is 0.462. The van der Waals surface area contributed by atoms with Crippen LogP contribution in [0.15, 0.2) is 16.7 Å². The molecule has 2 N–H and O–H groups in total. The molecular formula is C13H17BrN2O5. The Hall–Kier alpha value is -1.51. The number of carbonyl (C=O) groups is 2. The average molecular weight is 361 g/mol. The first-order valence-electron chi connectivity index (χ1n) is 6.40. The second-order valence-electron chi connectivity index (χ2n) is 3.93. The number of nitrogens with one attached hydrogen (secondary N) is 1. The third kappa shape index (κ3) is 5.78. The highest BCUT2D eigenvalue weighted by molar-refractivity contribution is 9.10. The van der Waals surface area contributed by atoms with Crippen LogP contribution in [0.5, 0.6) is 0 Å². The lowest BCUT2D eigenvalue weighted by molar-refractivity contribution is -0.132. The molecule has 7 nitrogen and oxygen atoms in total. The van der Waals surface area contributed by atoms with E-state index in [0.29, 0.717) is 11.1 Å². The lowest BCUT2D eigenvalue weighted by atomic mass is 10.2. The molecule has 0 aromatic carbocycles. The molecule has 1 rings (SSSR count). The second kappa shape index (κ2) is 8.71.